The van der Waals surface area contributed by atoms with E-state index in [-0.39, 0.29) is 11.5 Å². The van der Waals surface area contributed by atoms with Crippen LogP contribution in [-0.2, 0) is 4.79 Å². The molecule has 0 radical (unpaired) electrons. The minimum Gasteiger partial charge on any atom is -0.300 e. The highest BCUT2D eigenvalue weighted by Crippen LogP contribution is 2.30. The van der Waals surface area contributed by atoms with Gasteiger partial charge in [-0.05, 0) is 12.0 Å². The van der Waals surface area contributed by atoms with Crippen molar-refractivity contribution >= 4 is 43.9 Å². The highest BCUT2D eigenvalue weighted by Gasteiger charge is 2.23. The Kier molecular flexibility index (Phi) is 4.83. The summed E-state index contributed by atoms with van der Waals surface area (Å²) in [7, 11) is 0. The summed E-state index contributed by atoms with van der Waals surface area (Å²) in [6.45, 7) is 1.87. The molecule has 6 nitrogen and oxygen atoms in total. The van der Waals surface area contributed by atoms with Crippen LogP contribution in [0.3, 0.4) is 0 Å². The summed E-state index contributed by atoms with van der Waals surface area (Å²) >= 11 is 2.77. The second kappa shape index (κ2) is 7.42. The van der Waals surface area contributed by atoms with Gasteiger partial charge >= 0.3 is 0 Å². The van der Waals surface area contributed by atoms with Crippen LogP contribution < -0.4 is 10.9 Å². The minimum absolute atomic E-state index is 0.207. The Morgan fingerprint density at radius 1 is 1.22 bits per heavy atom. The van der Waals surface area contributed by atoms with E-state index in [0.29, 0.717) is 21.8 Å². The van der Waals surface area contributed by atoms with Crippen LogP contribution in [0.5, 0.6) is 0 Å². The van der Waals surface area contributed by atoms with Crippen molar-refractivity contribution in [3.05, 3.63) is 64.0 Å². The number of rotatable bonds is 5. The van der Waals surface area contributed by atoms with E-state index >= 15 is 0 Å². The van der Waals surface area contributed by atoms with E-state index < -0.39 is 6.04 Å². The van der Waals surface area contributed by atoms with Crippen LogP contribution in [0.25, 0.3) is 21.3 Å². The van der Waals surface area contributed by atoms with Crippen molar-refractivity contribution in [2.45, 2.75) is 19.4 Å². The van der Waals surface area contributed by atoms with Gasteiger partial charge in [-0.15, -0.1) is 22.7 Å². The maximum absolute atomic E-state index is 13.2. The Bertz CT molecular complexity index is 1130. The molecule has 3 heterocycles. The molecule has 1 unspecified atom stereocenters. The first-order valence-corrected chi connectivity index (χ1v) is 10.2. The molecule has 1 amide bonds. The Hall–Kier alpha value is -2.84. The molecule has 136 valence electrons. The SMILES string of the molecule is CCC(C(=O)Nc1nccs1)n1cnc2scc(-c3ccccc3)c2c1=O. The predicted molar refractivity (Wildman–Crippen MR) is 109 cm³/mol. The van der Waals surface area contributed by atoms with Gasteiger partial charge in [0.25, 0.3) is 5.56 Å². The molecule has 8 heteroatoms. The standard InChI is InChI=1S/C19H16N4O2S2/c1-2-14(16(24)22-19-20-8-9-26-19)23-11-21-17-15(18(23)25)13(10-27-17)12-6-4-3-5-7-12/h3-11,14H,2H2,1H3,(H,20,22,24). The van der Waals surface area contributed by atoms with E-state index in [1.807, 2.05) is 42.6 Å². The number of carbonyl (C=O) groups is 1. The second-order valence-corrected chi connectivity index (χ2v) is 7.66. The number of thiazole rings is 1. The second-order valence-electron chi connectivity index (χ2n) is 5.90. The molecule has 0 aliphatic heterocycles. The van der Waals surface area contributed by atoms with E-state index in [9.17, 15) is 9.59 Å². The Morgan fingerprint density at radius 3 is 2.74 bits per heavy atom. The highest BCUT2D eigenvalue weighted by atomic mass is 32.1. The zero-order valence-electron chi connectivity index (χ0n) is 14.5. The molecular weight excluding hydrogens is 380 g/mol. The number of carbonyl (C=O) groups excluding carboxylic acids is 1. The third kappa shape index (κ3) is 3.29. The van der Waals surface area contributed by atoms with Gasteiger partial charge in [0.2, 0.25) is 5.91 Å². The largest absolute Gasteiger partial charge is 0.300 e. The van der Waals surface area contributed by atoms with Gasteiger partial charge in [0.1, 0.15) is 10.9 Å². The molecule has 4 rings (SSSR count). The van der Waals surface area contributed by atoms with Crippen LogP contribution in [0.4, 0.5) is 5.13 Å². The number of thiophene rings is 1. The number of anilines is 1. The van der Waals surface area contributed by atoms with Crippen molar-refractivity contribution in [2.24, 2.45) is 0 Å². The first kappa shape index (κ1) is 17.6. The van der Waals surface area contributed by atoms with Gasteiger partial charge < -0.3 is 5.32 Å². The van der Waals surface area contributed by atoms with Crippen LogP contribution in [0, 0.1) is 0 Å². The molecule has 27 heavy (non-hydrogen) atoms. The van der Waals surface area contributed by atoms with Crippen molar-refractivity contribution in [1.29, 1.82) is 0 Å². The highest BCUT2D eigenvalue weighted by molar-refractivity contribution is 7.17. The first-order chi connectivity index (χ1) is 13.2. The van der Waals surface area contributed by atoms with Crippen molar-refractivity contribution in [2.75, 3.05) is 5.32 Å². The van der Waals surface area contributed by atoms with Gasteiger partial charge in [-0.2, -0.15) is 0 Å². The lowest BCUT2D eigenvalue weighted by Crippen LogP contribution is -2.33. The van der Waals surface area contributed by atoms with Crippen molar-refractivity contribution in [3.8, 4) is 11.1 Å². The van der Waals surface area contributed by atoms with E-state index in [1.54, 1.807) is 11.6 Å². The van der Waals surface area contributed by atoms with Crippen LogP contribution in [0.1, 0.15) is 19.4 Å². The fourth-order valence-electron chi connectivity index (χ4n) is 2.98. The molecule has 0 bridgehead atoms. The monoisotopic (exact) mass is 396 g/mol. The smallest absolute Gasteiger partial charge is 0.263 e. The lowest BCUT2D eigenvalue weighted by atomic mass is 10.1. The molecule has 4 aromatic rings. The van der Waals surface area contributed by atoms with Crippen LogP contribution in [0.15, 0.2) is 58.4 Å². The maximum atomic E-state index is 13.2. The molecule has 0 fully saturated rings. The zero-order valence-corrected chi connectivity index (χ0v) is 16.1. The molecule has 1 N–H and O–H groups in total. The van der Waals surface area contributed by atoms with E-state index in [2.05, 4.69) is 15.3 Å². The summed E-state index contributed by atoms with van der Waals surface area (Å²) in [5, 5.41) is 7.56. The molecule has 0 aliphatic rings. The number of amides is 1. The van der Waals surface area contributed by atoms with Gasteiger partial charge in [-0.1, -0.05) is 37.3 Å². The van der Waals surface area contributed by atoms with Crippen molar-refractivity contribution in [3.63, 3.8) is 0 Å². The molecular formula is C19H16N4O2S2. The first-order valence-electron chi connectivity index (χ1n) is 8.43. The molecule has 1 aromatic carbocycles. The summed E-state index contributed by atoms with van der Waals surface area (Å²) in [4.78, 5) is 35.1. The number of benzene rings is 1. The third-order valence-corrected chi connectivity index (χ3v) is 5.87. The number of nitrogens with one attached hydrogen (secondary N) is 1. The average molecular weight is 396 g/mol. The van der Waals surface area contributed by atoms with Gasteiger partial charge in [0.05, 0.1) is 11.7 Å². The molecule has 0 saturated heterocycles. The molecule has 1 atom stereocenters. The fraction of sp³-hybridized carbons (Fsp3) is 0.158. The minimum atomic E-state index is -0.651. The summed E-state index contributed by atoms with van der Waals surface area (Å²) in [6.07, 6.45) is 3.55. The Labute approximate surface area is 163 Å². The van der Waals surface area contributed by atoms with Crippen molar-refractivity contribution < 1.29 is 4.79 Å². The zero-order chi connectivity index (χ0) is 18.8. The van der Waals surface area contributed by atoms with Crippen molar-refractivity contribution in [1.82, 2.24) is 14.5 Å². The van der Waals surface area contributed by atoms with E-state index in [4.69, 9.17) is 0 Å². The summed E-state index contributed by atoms with van der Waals surface area (Å²) in [5.41, 5.74) is 1.60. The topological polar surface area (TPSA) is 76.9 Å². The molecule has 0 spiro atoms. The third-order valence-electron chi connectivity index (χ3n) is 4.29. The number of fused-ring (bicyclic) bond motifs is 1. The summed E-state index contributed by atoms with van der Waals surface area (Å²) in [6, 6.07) is 9.08. The Morgan fingerprint density at radius 2 is 2.04 bits per heavy atom. The van der Waals surface area contributed by atoms with Gasteiger partial charge in [-0.3, -0.25) is 14.2 Å². The van der Waals surface area contributed by atoms with Crippen LogP contribution >= 0.6 is 22.7 Å². The number of nitrogens with zero attached hydrogens (tertiary/aromatic N) is 3. The quantitative estimate of drug-likeness (QED) is 0.549. The predicted octanol–water partition coefficient (Wildman–Crippen LogP) is 4.17. The number of hydrogen-bond donors (Lipinski definition) is 1. The van der Waals surface area contributed by atoms with E-state index in [0.717, 1.165) is 11.1 Å². The lowest BCUT2D eigenvalue weighted by Gasteiger charge is -2.16. The summed E-state index contributed by atoms with van der Waals surface area (Å²) < 4.78 is 1.42. The van der Waals surface area contributed by atoms with Crippen LogP contribution in [-0.4, -0.2) is 20.4 Å². The number of hydrogen-bond acceptors (Lipinski definition) is 6. The lowest BCUT2D eigenvalue weighted by molar-refractivity contribution is -0.119. The van der Waals surface area contributed by atoms with E-state index in [1.165, 1.54) is 33.6 Å². The average Bonchev–Trinajstić information content (AvgIpc) is 3.35. The van der Waals surface area contributed by atoms with Gasteiger partial charge in [0.15, 0.2) is 5.13 Å². The van der Waals surface area contributed by atoms with Crippen LogP contribution in [0.2, 0.25) is 0 Å². The fourth-order valence-corrected chi connectivity index (χ4v) is 4.42. The normalized spacial score (nSPS) is 12.2. The number of aromatic nitrogens is 3. The summed E-state index contributed by atoms with van der Waals surface area (Å²) in [5.74, 6) is -0.271. The maximum Gasteiger partial charge on any atom is 0.263 e. The molecule has 0 aliphatic carbocycles. The van der Waals surface area contributed by atoms with Gasteiger partial charge in [-0.25, -0.2) is 9.97 Å². The van der Waals surface area contributed by atoms with Gasteiger partial charge in [0, 0.05) is 22.5 Å². The Balaban J connectivity index is 1.78. The molecule has 0 saturated carbocycles. The molecule has 3 aromatic heterocycles.